The Labute approximate surface area is 72.5 Å². The maximum Gasteiger partial charge on any atom is 1.00 e. The van der Waals surface area contributed by atoms with Gasteiger partial charge in [0.2, 0.25) is 0 Å². The van der Waals surface area contributed by atoms with Crippen LogP contribution in [0.15, 0.2) is 0 Å². The molecule has 0 aliphatic rings. The van der Waals surface area contributed by atoms with Gasteiger partial charge in [0.15, 0.2) is 0 Å². The number of nitrogens with two attached hydrogens (primary N) is 1. The van der Waals surface area contributed by atoms with E-state index < -0.39 is 11.0 Å². The topological polar surface area (TPSA) is 83.2 Å². The van der Waals surface area contributed by atoms with Crippen molar-refractivity contribution >= 4 is 11.0 Å². The minimum atomic E-state index is -3.37. The Morgan fingerprint density at radius 1 is 1.62 bits per heavy atom. The summed E-state index contributed by atoms with van der Waals surface area (Å²) in [6, 6.07) is 0. The summed E-state index contributed by atoms with van der Waals surface area (Å²) >= 11 is 0. The summed E-state index contributed by atoms with van der Waals surface area (Å²) in [5.74, 6) is 0. The quantitative estimate of drug-likeness (QED) is 0.207. The van der Waals surface area contributed by atoms with E-state index in [-0.39, 0.29) is 29.6 Å². The van der Waals surface area contributed by atoms with Gasteiger partial charge in [-0.3, -0.25) is 0 Å². The van der Waals surface area contributed by atoms with Crippen molar-refractivity contribution in [2.24, 2.45) is 5.73 Å². The molecule has 0 spiro atoms. The normalized spacial score (nSPS) is 6.50. The van der Waals surface area contributed by atoms with Crippen LogP contribution < -0.4 is 35.3 Å². The summed E-state index contributed by atoms with van der Waals surface area (Å²) in [7, 11) is -3.37. The number of thiol groups is 1. The Bertz CT molecular complexity index is 75.4. The van der Waals surface area contributed by atoms with Crippen molar-refractivity contribution in [3.05, 3.63) is 0 Å². The second-order valence-corrected chi connectivity index (χ2v) is 1.08. The van der Waals surface area contributed by atoms with Gasteiger partial charge in [-0.1, -0.05) is 6.92 Å². The Morgan fingerprint density at radius 2 is 1.62 bits per heavy atom. The van der Waals surface area contributed by atoms with Crippen molar-refractivity contribution in [2.45, 2.75) is 6.92 Å². The number of hydrogen-bond donors (Lipinski definition) is 2. The first-order valence-corrected chi connectivity index (χ1v) is 2.76. The Morgan fingerprint density at radius 3 is 1.62 bits per heavy atom. The molecule has 0 saturated heterocycles. The van der Waals surface area contributed by atoms with E-state index in [9.17, 15) is 0 Å². The van der Waals surface area contributed by atoms with Crippen LogP contribution in [0, 0.1) is 0 Å². The van der Waals surface area contributed by atoms with Crippen LogP contribution in [0.25, 0.3) is 0 Å². The molecule has 0 unspecified atom stereocenters. The van der Waals surface area contributed by atoms with Crippen LogP contribution in [0.1, 0.15) is 6.92 Å². The molecule has 46 valence electrons. The summed E-state index contributed by atoms with van der Waals surface area (Å²) in [6.07, 6.45) is 0. The molecule has 0 amide bonds. The predicted octanol–water partition coefficient (Wildman–Crippen LogP) is -4.30. The molecular weight excluding hydrogens is 141 g/mol. The monoisotopic (exact) mass is 149 g/mol. The Kier molecular flexibility index (Phi) is 31.2. The SMILES string of the molecule is CCN.O=[SH](=O)[O-].[Na+]. The van der Waals surface area contributed by atoms with E-state index in [1.807, 2.05) is 6.92 Å². The van der Waals surface area contributed by atoms with Gasteiger partial charge in [0, 0.05) is 0 Å². The van der Waals surface area contributed by atoms with E-state index in [0.29, 0.717) is 0 Å². The maximum atomic E-state index is 8.48. The number of rotatable bonds is 0. The molecule has 0 rings (SSSR count). The predicted molar refractivity (Wildman–Crippen MR) is 25.8 cm³/mol. The molecule has 0 aliphatic heterocycles. The molecule has 0 aliphatic carbocycles. The fourth-order valence-corrected chi connectivity index (χ4v) is 0. The first-order valence-electron chi connectivity index (χ1n) is 1.66. The third kappa shape index (κ3) is 313. The van der Waals surface area contributed by atoms with E-state index in [2.05, 4.69) is 0 Å². The third-order valence-electron chi connectivity index (χ3n) is 0. The molecule has 0 heterocycles. The van der Waals surface area contributed by atoms with Crippen molar-refractivity contribution in [3.63, 3.8) is 0 Å². The van der Waals surface area contributed by atoms with E-state index >= 15 is 0 Å². The average molecular weight is 149 g/mol. The molecule has 0 saturated carbocycles. The molecule has 0 aromatic heterocycles. The van der Waals surface area contributed by atoms with Crippen LogP contribution in [0.2, 0.25) is 0 Å². The Hall–Kier alpha value is 0.870. The molecule has 0 bridgehead atoms. The maximum absolute atomic E-state index is 8.48. The van der Waals surface area contributed by atoms with E-state index in [1.54, 1.807) is 0 Å². The van der Waals surface area contributed by atoms with Crippen LogP contribution in [0.5, 0.6) is 0 Å². The zero-order valence-electron chi connectivity index (χ0n) is 4.96. The molecule has 0 fully saturated rings. The molecule has 2 N–H and O–H groups in total. The van der Waals surface area contributed by atoms with Crippen molar-refractivity contribution in [2.75, 3.05) is 6.54 Å². The van der Waals surface area contributed by atoms with Crippen molar-refractivity contribution in [1.29, 1.82) is 0 Å². The standard InChI is InChI=1S/C2H7N.Na.H2O3S/c1-2-3;;1-4(2)3/h2-3H2,1H3;;4H,(H,1,2,3)/q;+1;/p-1. The van der Waals surface area contributed by atoms with Crippen LogP contribution >= 0.6 is 0 Å². The summed E-state index contributed by atoms with van der Waals surface area (Å²) < 4.78 is 25.4. The van der Waals surface area contributed by atoms with Crippen molar-refractivity contribution < 1.29 is 42.5 Å². The molecule has 8 heavy (non-hydrogen) atoms. The number of hydrogen-bond acceptors (Lipinski definition) is 4. The minimum absolute atomic E-state index is 0. The van der Waals surface area contributed by atoms with Crippen molar-refractivity contribution in [1.82, 2.24) is 0 Å². The fraction of sp³-hybridized carbons (Fsp3) is 1.00. The van der Waals surface area contributed by atoms with Crippen LogP contribution in [-0.4, -0.2) is 19.5 Å². The zero-order valence-corrected chi connectivity index (χ0v) is 7.85. The summed E-state index contributed by atoms with van der Waals surface area (Å²) in [5.41, 5.74) is 4.85. The van der Waals surface area contributed by atoms with Gasteiger partial charge in [-0.15, -0.1) is 0 Å². The molecule has 0 aromatic carbocycles. The minimum Gasteiger partial charge on any atom is -0.750 e. The largest absolute Gasteiger partial charge is 1.00 e. The van der Waals surface area contributed by atoms with Gasteiger partial charge >= 0.3 is 29.6 Å². The van der Waals surface area contributed by atoms with Crippen molar-refractivity contribution in [3.8, 4) is 0 Å². The zero-order chi connectivity index (χ0) is 6.28. The summed E-state index contributed by atoms with van der Waals surface area (Å²) in [6.45, 7) is 2.65. The fourth-order valence-electron chi connectivity index (χ4n) is 0. The van der Waals surface area contributed by atoms with Gasteiger partial charge in [0.05, 0.1) is 11.0 Å². The molecule has 0 radical (unpaired) electrons. The third-order valence-corrected chi connectivity index (χ3v) is 0. The van der Waals surface area contributed by atoms with E-state index in [0.717, 1.165) is 6.54 Å². The summed E-state index contributed by atoms with van der Waals surface area (Å²) in [4.78, 5) is 0. The molecule has 6 heteroatoms. The second kappa shape index (κ2) is 15.7. The van der Waals surface area contributed by atoms with E-state index in [4.69, 9.17) is 18.7 Å². The average Bonchev–Trinajstić information content (AvgIpc) is 1.33. The van der Waals surface area contributed by atoms with Crippen LogP contribution in [0.4, 0.5) is 0 Å². The first-order chi connectivity index (χ1) is 3.15. The van der Waals surface area contributed by atoms with Gasteiger partial charge < -0.3 is 10.3 Å². The smallest absolute Gasteiger partial charge is 0.750 e. The van der Waals surface area contributed by atoms with Crippen LogP contribution in [-0.2, 0) is 11.0 Å². The first kappa shape index (κ1) is 15.9. The molecular formula is C2H8NNaO3S. The van der Waals surface area contributed by atoms with E-state index in [1.165, 1.54) is 0 Å². The van der Waals surface area contributed by atoms with Gasteiger partial charge in [-0.2, -0.15) is 0 Å². The molecule has 4 nitrogen and oxygen atoms in total. The van der Waals surface area contributed by atoms with Gasteiger partial charge in [0.1, 0.15) is 0 Å². The van der Waals surface area contributed by atoms with Gasteiger partial charge in [-0.25, -0.2) is 8.42 Å². The Balaban J connectivity index is -0.0000000575. The molecule has 0 atom stereocenters. The van der Waals surface area contributed by atoms with Gasteiger partial charge in [0.25, 0.3) is 0 Å². The summed E-state index contributed by atoms with van der Waals surface area (Å²) in [5, 5.41) is 0. The molecule has 0 aromatic rings. The van der Waals surface area contributed by atoms with Gasteiger partial charge in [-0.05, 0) is 6.54 Å². The second-order valence-electron chi connectivity index (χ2n) is 0.632. The van der Waals surface area contributed by atoms with Crippen LogP contribution in [0.3, 0.4) is 0 Å².